The van der Waals surface area contributed by atoms with Gasteiger partial charge in [-0.05, 0) is 30.9 Å². The van der Waals surface area contributed by atoms with Gasteiger partial charge in [-0.3, -0.25) is 10.1 Å². The van der Waals surface area contributed by atoms with Crippen molar-refractivity contribution in [3.63, 3.8) is 0 Å². The van der Waals surface area contributed by atoms with E-state index in [2.05, 4.69) is 12.2 Å². The molecule has 2 rings (SSSR count). The van der Waals surface area contributed by atoms with Crippen LogP contribution >= 0.6 is 0 Å². The molecule has 21 heavy (non-hydrogen) atoms. The van der Waals surface area contributed by atoms with Crippen molar-refractivity contribution in [1.82, 2.24) is 0 Å². The molecule has 0 spiro atoms. The van der Waals surface area contributed by atoms with Crippen LogP contribution in [0.15, 0.2) is 18.2 Å². The molecule has 116 valence electrons. The first-order valence-corrected chi connectivity index (χ1v) is 7.48. The minimum atomic E-state index is -0.329. The molecule has 6 heteroatoms. The van der Waals surface area contributed by atoms with E-state index in [0.717, 1.165) is 19.4 Å². The molecule has 0 bridgehead atoms. The van der Waals surface area contributed by atoms with E-state index >= 15 is 0 Å². The monoisotopic (exact) mass is 293 g/mol. The number of nitrogens with zero attached hydrogens (tertiary/aromatic N) is 2. The number of para-hydroxylation sites is 1. The van der Waals surface area contributed by atoms with Crippen LogP contribution in [-0.4, -0.2) is 35.8 Å². The summed E-state index contributed by atoms with van der Waals surface area (Å²) in [5, 5.41) is 24.2. The predicted molar refractivity (Wildman–Crippen MR) is 83.9 cm³/mol. The Labute approximate surface area is 124 Å². The summed E-state index contributed by atoms with van der Waals surface area (Å²) in [7, 11) is 0. The van der Waals surface area contributed by atoms with E-state index in [1.54, 1.807) is 12.1 Å². The average Bonchev–Trinajstić information content (AvgIpc) is 2.85. The Balaban J connectivity index is 2.41. The lowest BCUT2D eigenvalue weighted by Crippen LogP contribution is -2.35. The van der Waals surface area contributed by atoms with Crippen LogP contribution in [-0.2, 0) is 0 Å². The fourth-order valence-corrected chi connectivity index (χ4v) is 2.94. The molecule has 0 aromatic heterocycles. The molecule has 1 aromatic carbocycles. The maximum atomic E-state index is 11.5. The second-order valence-corrected chi connectivity index (χ2v) is 5.57. The van der Waals surface area contributed by atoms with Crippen molar-refractivity contribution in [2.45, 2.75) is 32.7 Å². The standard InChI is InChI=1S/C15H23N3O3/c1-3-8-16-12-5-4-6-13(15(12)18(20)21)17-9-7-11(2)14(17)10-19/h4-6,11,14,16,19H,3,7-10H2,1-2H3. The van der Waals surface area contributed by atoms with E-state index in [-0.39, 0.29) is 23.3 Å². The smallest absolute Gasteiger partial charge is 0.315 e. The minimum absolute atomic E-state index is 0.0188. The van der Waals surface area contributed by atoms with Gasteiger partial charge in [0.2, 0.25) is 0 Å². The van der Waals surface area contributed by atoms with Crippen LogP contribution in [0.25, 0.3) is 0 Å². The van der Waals surface area contributed by atoms with Crippen LogP contribution in [0.5, 0.6) is 0 Å². The van der Waals surface area contributed by atoms with Gasteiger partial charge in [-0.2, -0.15) is 0 Å². The topological polar surface area (TPSA) is 78.6 Å². The van der Waals surface area contributed by atoms with Gasteiger partial charge in [0.25, 0.3) is 0 Å². The molecule has 0 aliphatic carbocycles. The van der Waals surface area contributed by atoms with E-state index in [0.29, 0.717) is 23.8 Å². The Hall–Kier alpha value is -1.82. The van der Waals surface area contributed by atoms with Gasteiger partial charge in [-0.15, -0.1) is 0 Å². The molecular weight excluding hydrogens is 270 g/mol. The maximum absolute atomic E-state index is 11.5. The van der Waals surface area contributed by atoms with Crippen molar-refractivity contribution in [1.29, 1.82) is 0 Å². The number of nitro groups is 1. The van der Waals surface area contributed by atoms with Crippen LogP contribution < -0.4 is 10.2 Å². The second kappa shape index (κ2) is 6.76. The molecule has 2 N–H and O–H groups in total. The number of nitro benzene ring substituents is 1. The van der Waals surface area contributed by atoms with Crippen LogP contribution in [0.2, 0.25) is 0 Å². The molecule has 1 aliphatic rings. The van der Waals surface area contributed by atoms with Crippen molar-refractivity contribution in [3.8, 4) is 0 Å². The van der Waals surface area contributed by atoms with Crippen LogP contribution in [0.1, 0.15) is 26.7 Å². The normalized spacial score (nSPS) is 21.6. The number of anilines is 2. The molecule has 2 atom stereocenters. The third-order valence-electron chi connectivity index (χ3n) is 4.14. The highest BCUT2D eigenvalue weighted by atomic mass is 16.6. The zero-order chi connectivity index (χ0) is 15.4. The summed E-state index contributed by atoms with van der Waals surface area (Å²) in [6, 6.07) is 5.29. The summed E-state index contributed by atoms with van der Waals surface area (Å²) in [6.07, 6.45) is 1.84. The Kier molecular flexibility index (Phi) is 5.01. The van der Waals surface area contributed by atoms with Gasteiger partial charge in [0.05, 0.1) is 17.6 Å². The maximum Gasteiger partial charge on any atom is 0.315 e. The lowest BCUT2D eigenvalue weighted by molar-refractivity contribution is -0.383. The molecule has 0 amide bonds. The lowest BCUT2D eigenvalue weighted by Gasteiger charge is -2.27. The molecular formula is C15H23N3O3. The summed E-state index contributed by atoms with van der Waals surface area (Å²) in [6.45, 7) is 5.55. The molecule has 1 saturated heterocycles. The zero-order valence-electron chi connectivity index (χ0n) is 12.6. The first-order chi connectivity index (χ1) is 10.1. The van der Waals surface area contributed by atoms with Gasteiger partial charge < -0.3 is 15.3 Å². The predicted octanol–water partition coefficient (Wildman–Crippen LogP) is 2.62. The highest BCUT2D eigenvalue weighted by molar-refractivity contribution is 5.77. The molecule has 1 heterocycles. The number of aliphatic hydroxyl groups excluding tert-OH is 1. The number of hydrogen-bond acceptors (Lipinski definition) is 5. The number of benzene rings is 1. The SMILES string of the molecule is CCCNc1cccc(N2CCC(C)C2CO)c1[N+](=O)[O-]. The van der Waals surface area contributed by atoms with Crippen molar-refractivity contribution in [3.05, 3.63) is 28.3 Å². The third-order valence-corrected chi connectivity index (χ3v) is 4.14. The van der Waals surface area contributed by atoms with E-state index in [1.807, 2.05) is 17.9 Å². The van der Waals surface area contributed by atoms with Crippen molar-refractivity contribution >= 4 is 17.1 Å². The number of hydrogen-bond donors (Lipinski definition) is 2. The highest BCUT2D eigenvalue weighted by Crippen LogP contribution is 2.39. The van der Waals surface area contributed by atoms with Gasteiger partial charge >= 0.3 is 5.69 Å². The number of nitrogens with one attached hydrogen (secondary N) is 1. The van der Waals surface area contributed by atoms with Gasteiger partial charge in [-0.25, -0.2) is 0 Å². The molecule has 1 aromatic rings. The Morgan fingerprint density at radius 1 is 1.52 bits per heavy atom. The Bertz CT molecular complexity index is 507. The first kappa shape index (κ1) is 15.6. The molecule has 6 nitrogen and oxygen atoms in total. The van der Waals surface area contributed by atoms with E-state index in [4.69, 9.17) is 0 Å². The first-order valence-electron chi connectivity index (χ1n) is 7.48. The van der Waals surface area contributed by atoms with Crippen molar-refractivity contribution < 1.29 is 10.0 Å². The van der Waals surface area contributed by atoms with Crippen LogP contribution in [0, 0.1) is 16.0 Å². The Morgan fingerprint density at radius 3 is 2.90 bits per heavy atom. The van der Waals surface area contributed by atoms with Gasteiger partial charge in [0, 0.05) is 13.1 Å². The fraction of sp³-hybridized carbons (Fsp3) is 0.600. The Morgan fingerprint density at radius 2 is 2.29 bits per heavy atom. The molecule has 2 unspecified atom stereocenters. The minimum Gasteiger partial charge on any atom is -0.394 e. The highest BCUT2D eigenvalue weighted by Gasteiger charge is 2.35. The molecule has 1 fully saturated rings. The largest absolute Gasteiger partial charge is 0.394 e. The van der Waals surface area contributed by atoms with Gasteiger partial charge in [0.15, 0.2) is 0 Å². The quantitative estimate of drug-likeness (QED) is 0.622. The van der Waals surface area contributed by atoms with Crippen molar-refractivity contribution in [2.75, 3.05) is 29.9 Å². The summed E-state index contributed by atoms with van der Waals surface area (Å²) >= 11 is 0. The molecule has 0 radical (unpaired) electrons. The van der Waals surface area contributed by atoms with Crippen molar-refractivity contribution in [2.24, 2.45) is 5.92 Å². The summed E-state index contributed by atoms with van der Waals surface area (Å²) in [4.78, 5) is 13.2. The van der Waals surface area contributed by atoms with Crippen LogP contribution in [0.4, 0.5) is 17.1 Å². The van der Waals surface area contributed by atoms with E-state index in [9.17, 15) is 15.2 Å². The number of rotatable bonds is 6. The van der Waals surface area contributed by atoms with E-state index < -0.39 is 0 Å². The van der Waals surface area contributed by atoms with Crippen LogP contribution in [0.3, 0.4) is 0 Å². The summed E-state index contributed by atoms with van der Waals surface area (Å²) < 4.78 is 0. The van der Waals surface area contributed by atoms with Gasteiger partial charge in [0.1, 0.15) is 11.4 Å². The number of aliphatic hydroxyl groups is 1. The molecule has 0 saturated carbocycles. The summed E-state index contributed by atoms with van der Waals surface area (Å²) in [5.74, 6) is 0.335. The lowest BCUT2D eigenvalue weighted by atomic mass is 10.0. The van der Waals surface area contributed by atoms with E-state index in [1.165, 1.54) is 0 Å². The second-order valence-electron chi connectivity index (χ2n) is 5.57. The fourth-order valence-electron chi connectivity index (χ4n) is 2.94. The average molecular weight is 293 g/mol. The zero-order valence-corrected chi connectivity index (χ0v) is 12.6. The molecule has 1 aliphatic heterocycles. The van der Waals surface area contributed by atoms with Gasteiger partial charge in [-0.1, -0.05) is 19.9 Å². The summed E-state index contributed by atoms with van der Waals surface area (Å²) in [5.41, 5.74) is 1.26. The third kappa shape index (κ3) is 3.10.